The zero-order chi connectivity index (χ0) is 20.9. The summed E-state index contributed by atoms with van der Waals surface area (Å²) in [4.78, 5) is 16.5. The highest BCUT2D eigenvalue weighted by Crippen LogP contribution is 2.28. The fourth-order valence-electron chi connectivity index (χ4n) is 2.56. The normalized spacial score (nSPS) is 10.9. The van der Waals surface area contributed by atoms with E-state index in [2.05, 4.69) is 20.5 Å². The van der Waals surface area contributed by atoms with Gasteiger partial charge in [0.05, 0.1) is 11.9 Å². The number of nitrogens with zero attached hydrogens (tertiary/aromatic N) is 3. The summed E-state index contributed by atoms with van der Waals surface area (Å²) in [6, 6.07) is 14.0. The molecule has 0 saturated heterocycles. The molecule has 0 aliphatic heterocycles. The maximum absolute atomic E-state index is 13.0. The quantitative estimate of drug-likeness (QED) is 0.413. The Morgan fingerprint density at radius 3 is 2.67 bits per heavy atom. The minimum absolute atomic E-state index is 0.251. The van der Waals surface area contributed by atoms with Gasteiger partial charge in [-0.1, -0.05) is 52.9 Å². The van der Waals surface area contributed by atoms with Crippen molar-refractivity contribution in [2.45, 2.75) is 24.4 Å². The van der Waals surface area contributed by atoms with Crippen LogP contribution in [0.2, 0.25) is 0 Å². The molecule has 0 aliphatic carbocycles. The van der Waals surface area contributed by atoms with E-state index in [4.69, 9.17) is 4.42 Å². The van der Waals surface area contributed by atoms with Gasteiger partial charge in [0.1, 0.15) is 10.8 Å². The van der Waals surface area contributed by atoms with Crippen LogP contribution in [0.5, 0.6) is 0 Å². The number of oxazole rings is 1. The molecule has 2 aromatic carbocycles. The van der Waals surface area contributed by atoms with Gasteiger partial charge in [0.2, 0.25) is 5.01 Å². The molecule has 0 unspecified atom stereocenters. The summed E-state index contributed by atoms with van der Waals surface area (Å²) in [5.74, 6) is 0.486. The van der Waals surface area contributed by atoms with Crippen molar-refractivity contribution < 1.29 is 13.6 Å². The molecule has 0 fully saturated rings. The van der Waals surface area contributed by atoms with Crippen molar-refractivity contribution >= 4 is 29.0 Å². The van der Waals surface area contributed by atoms with Crippen molar-refractivity contribution in [3.63, 3.8) is 0 Å². The lowest BCUT2D eigenvalue weighted by Crippen LogP contribution is -2.22. The van der Waals surface area contributed by atoms with E-state index in [9.17, 15) is 9.18 Å². The fraction of sp³-hybridized carbons (Fsp3) is 0.143. The van der Waals surface area contributed by atoms with E-state index in [0.717, 1.165) is 11.1 Å². The van der Waals surface area contributed by atoms with Crippen LogP contribution in [-0.2, 0) is 12.3 Å². The van der Waals surface area contributed by atoms with Crippen LogP contribution in [0, 0.1) is 12.7 Å². The van der Waals surface area contributed by atoms with Crippen LogP contribution in [0.25, 0.3) is 11.3 Å². The first-order valence-corrected chi connectivity index (χ1v) is 10.9. The molecule has 1 amide bonds. The number of aryl methyl sites for hydroxylation is 1. The second kappa shape index (κ2) is 9.19. The van der Waals surface area contributed by atoms with E-state index < -0.39 is 0 Å². The van der Waals surface area contributed by atoms with Crippen LogP contribution in [0.15, 0.2) is 64.4 Å². The van der Waals surface area contributed by atoms with E-state index >= 15 is 0 Å². The molecule has 1 N–H and O–H groups in total. The second-order valence-electron chi connectivity index (χ2n) is 6.46. The summed E-state index contributed by atoms with van der Waals surface area (Å²) in [7, 11) is 0. The molecule has 0 radical (unpaired) electrons. The number of nitrogens with one attached hydrogen (secondary N) is 1. The number of carbonyl (C=O) groups is 1. The zero-order valence-corrected chi connectivity index (χ0v) is 17.6. The lowest BCUT2D eigenvalue weighted by molar-refractivity contribution is 0.0950. The number of aromatic nitrogens is 3. The number of halogens is 1. The lowest BCUT2D eigenvalue weighted by atomic mass is 10.1. The largest absolute Gasteiger partial charge is 0.431 e. The number of benzene rings is 2. The first-order valence-electron chi connectivity index (χ1n) is 9.07. The first kappa shape index (κ1) is 20.2. The van der Waals surface area contributed by atoms with Crippen LogP contribution in [0.4, 0.5) is 4.39 Å². The molecule has 0 bridgehead atoms. The number of carbonyl (C=O) groups excluding carboxylic acids is 1. The van der Waals surface area contributed by atoms with Gasteiger partial charge < -0.3 is 9.73 Å². The summed E-state index contributed by atoms with van der Waals surface area (Å²) in [6.45, 7) is 2.45. The molecule has 152 valence electrons. The number of hydrogen-bond acceptors (Lipinski definition) is 7. The Morgan fingerprint density at radius 1 is 1.13 bits per heavy atom. The predicted molar refractivity (Wildman–Crippen MR) is 114 cm³/mol. The molecule has 4 rings (SSSR count). The Kier molecular flexibility index (Phi) is 6.20. The second-order valence-corrected chi connectivity index (χ2v) is 8.44. The van der Waals surface area contributed by atoms with Crippen LogP contribution >= 0.6 is 23.1 Å². The first-order chi connectivity index (χ1) is 14.6. The molecular weight excluding hydrogens is 423 g/mol. The van der Waals surface area contributed by atoms with Gasteiger partial charge in [0.25, 0.3) is 11.1 Å². The molecular formula is C21H17FN4O2S2. The van der Waals surface area contributed by atoms with Crippen molar-refractivity contribution in [1.29, 1.82) is 0 Å². The molecule has 6 nitrogen and oxygen atoms in total. The Bertz CT molecular complexity index is 1140. The van der Waals surface area contributed by atoms with E-state index in [0.29, 0.717) is 33.3 Å². The smallest absolute Gasteiger partial charge is 0.282 e. The van der Waals surface area contributed by atoms with Gasteiger partial charge in [0, 0.05) is 12.1 Å². The average Bonchev–Trinajstić information content (AvgIpc) is 3.42. The van der Waals surface area contributed by atoms with E-state index in [1.54, 1.807) is 18.3 Å². The number of rotatable bonds is 7. The average molecular weight is 441 g/mol. The molecule has 30 heavy (non-hydrogen) atoms. The van der Waals surface area contributed by atoms with Crippen molar-refractivity contribution in [3.05, 3.63) is 81.7 Å². The van der Waals surface area contributed by atoms with Crippen molar-refractivity contribution in [1.82, 2.24) is 20.5 Å². The van der Waals surface area contributed by atoms with Crippen LogP contribution in [-0.4, -0.2) is 21.1 Å². The van der Waals surface area contributed by atoms with Gasteiger partial charge in [-0.05, 0) is 36.8 Å². The molecule has 0 atom stereocenters. The van der Waals surface area contributed by atoms with Crippen molar-refractivity contribution in [2.24, 2.45) is 0 Å². The minimum Gasteiger partial charge on any atom is -0.431 e. The number of thioether (sulfide) groups is 1. The van der Waals surface area contributed by atoms with Gasteiger partial charge in [-0.2, -0.15) is 0 Å². The highest BCUT2D eigenvalue weighted by molar-refractivity contribution is 7.98. The molecule has 4 aromatic rings. The van der Waals surface area contributed by atoms with E-state index in [1.165, 1.54) is 40.8 Å². The van der Waals surface area contributed by atoms with Gasteiger partial charge >= 0.3 is 0 Å². The standard InChI is InChI=1S/C21H17FN4O2S2/c1-13-2-4-14(5-3-13)10-23-19(27)20-26-25-18(30-20)12-29-21-24-11-17(28-21)15-6-8-16(22)9-7-15/h2-9,11H,10,12H2,1H3,(H,23,27). The number of amides is 1. The Morgan fingerprint density at radius 2 is 1.90 bits per heavy atom. The highest BCUT2D eigenvalue weighted by atomic mass is 32.2. The zero-order valence-electron chi connectivity index (χ0n) is 16.0. The Hall–Kier alpha value is -3.04. The SMILES string of the molecule is Cc1ccc(CNC(=O)c2nnc(CSc3ncc(-c4ccc(F)cc4)o3)s2)cc1. The van der Waals surface area contributed by atoms with Crippen molar-refractivity contribution in [3.8, 4) is 11.3 Å². The maximum Gasteiger partial charge on any atom is 0.282 e. The van der Waals surface area contributed by atoms with Gasteiger partial charge in [-0.25, -0.2) is 9.37 Å². The maximum atomic E-state index is 13.0. The Labute approximate surface area is 180 Å². The van der Waals surface area contributed by atoms with Crippen molar-refractivity contribution in [2.75, 3.05) is 0 Å². The third kappa shape index (κ3) is 5.11. The monoisotopic (exact) mass is 440 g/mol. The fourth-order valence-corrected chi connectivity index (χ4v) is 4.11. The molecule has 0 aliphatic rings. The van der Waals surface area contributed by atoms with E-state index in [-0.39, 0.29) is 11.7 Å². The number of hydrogen-bond donors (Lipinski definition) is 1. The summed E-state index contributed by atoms with van der Waals surface area (Å²) < 4.78 is 18.7. The Balaban J connectivity index is 1.30. The van der Waals surface area contributed by atoms with Crippen LogP contribution in [0.3, 0.4) is 0 Å². The lowest BCUT2D eigenvalue weighted by Gasteiger charge is -2.03. The summed E-state index contributed by atoms with van der Waals surface area (Å²) in [6.07, 6.45) is 1.60. The summed E-state index contributed by atoms with van der Waals surface area (Å²) in [5.41, 5.74) is 2.95. The van der Waals surface area contributed by atoms with Gasteiger partial charge in [0.15, 0.2) is 5.76 Å². The third-order valence-electron chi connectivity index (χ3n) is 4.17. The summed E-state index contributed by atoms with van der Waals surface area (Å²) >= 11 is 2.59. The highest BCUT2D eigenvalue weighted by Gasteiger charge is 2.14. The minimum atomic E-state index is -0.303. The van der Waals surface area contributed by atoms with Crippen LogP contribution < -0.4 is 5.32 Å². The molecule has 2 heterocycles. The predicted octanol–water partition coefficient (Wildman–Crippen LogP) is 4.86. The van der Waals surface area contributed by atoms with Gasteiger partial charge in [-0.15, -0.1) is 10.2 Å². The van der Waals surface area contributed by atoms with Crippen LogP contribution in [0.1, 0.15) is 25.9 Å². The van der Waals surface area contributed by atoms with Gasteiger partial charge in [-0.3, -0.25) is 4.79 Å². The topological polar surface area (TPSA) is 80.9 Å². The molecule has 0 spiro atoms. The third-order valence-corrected chi connectivity index (χ3v) is 6.13. The molecule has 2 aromatic heterocycles. The molecule has 0 saturated carbocycles. The summed E-state index contributed by atoms with van der Waals surface area (Å²) in [5, 5.41) is 12.4. The van der Waals surface area contributed by atoms with E-state index in [1.807, 2.05) is 31.2 Å². The molecule has 9 heteroatoms.